The number of benzene rings is 2. The third-order valence-corrected chi connectivity index (χ3v) is 3.95. The van der Waals surface area contributed by atoms with Crippen LogP contribution in [-0.2, 0) is 0 Å². The zero-order valence-electron chi connectivity index (χ0n) is 13.3. The molecule has 0 heterocycles. The molecular weight excluding hydrogens is 347 g/mol. The Morgan fingerprint density at radius 1 is 1.17 bits per heavy atom. The summed E-state index contributed by atoms with van der Waals surface area (Å²) in [5.74, 6) is 0.463. The van der Waals surface area contributed by atoms with Crippen LogP contribution in [0.1, 0.15) is 35.7 Å². The van der Waals surface area contributed by atoms with Gasteiger partial charge in [0.1, 0.15) is 5.75 Å². The highest BCUT2D eigenvalue weighted by Crippen LogP contribution is 2.22. The fraction of sp³-hybridized carbons (Fsp3) is 0.222. The van der Waals surface area contributed by atoms with Gasteiger partial charge in [-0.1, -0.05) is 36.5 Å². The van der Waals surface area contributed by atoms with Gasteiger partial charge < -0.3 is 4.74 Å². The molecule has 2 aromatic carbocycles. The van der Waals surface area contributed by atoms with Gasteiger partial charge in [0.2, 0.25) is 0 Å². The summed E-state index contributed by atoms with van der Waals surface area (Å²) in [7, 11) is 0. The molecular formula is C18H18Cl2N2O2. The largest absolute Gasteiger partial charge is 0.494 e. The van der Waals surface area contributed by atoms with E-state index in [1.807, 2.05) is 24.3 Å². The molecule has 0 spiro atoms. The number of hydrogen-bond donors (Lipinski definition) is 1. The molecule has 0 fully saturated rings. The summed E-state index contributed by atoms with van der Waals surface area (Å²) in [5.41, 5.74) is 3.69. The number of halogens is 2. The van der Waals surface area contributed by atoms with Crippen LogP contribution in [0.25, 0.3) is 0 Å². The van der Waals surface area contributed by atoms with Crippen LogP contribution in [-0.4, -0.2) is 18.7 Å². The molecule has 0 atom stereocenters. The molecule has 2 rings (SSSR count). The second kappa shape index (κ2) is 9.30. The summed E-state index contributed by atoms with van der Waals surface area (Å²) in [6.07, 6.45) is 3.69. The number of hydrogen-bond acceptors (Lipinski definition) is 3. The molecule has 1 N–H and O–H groups in total. The summed E-state index contributed by atoms with van der Waals surface area (Å²) < 4.78 is 5.59. The predicted molar refractivity (Wildman–Crippen MR) is 98.4 cm³/mol. The first-order valence-corrected chi connectivity index (χ1v) is 8.37. The van der Waals surface area contributed by atoms with Crippen LogP contribution in [0.2, 0.25) is 10.0 Å². The molecule has 0 aliphatic carbocycles. The monoisotopic (exact) mass is 364 g/mol. The zero-order chi connectivity index (χ0) is 17.4. The minimum absolute atomic E-state index is 0.326. The predicted octanol–water partition coefficient (Wildman–Crippen LogP) is 4.94. The maximum Gasteiger partial charge on any atom is 0.271 e. The van der Waals surface area contributed by atoms with Gasteiger partial charge in [-0.2, -0.15) is 5.10 Å². The highest BCUT2D eigenvalue weighted by molar-refractivity contribution is 6.42. The molecule has 24 heavy (non-hydrogen) atoms. The third kappa shape index (κ3) is 5.55. The molecule has 0 aromatic heterocycles. The fourth-order valence-electron chi connectivity index (χ4n) is 1.85. The minimum Gasteiger partial charge on any atom is -0.494 e. The number of unbranched alkanes of at least 4 members (excludes halogenated alkanes) is 1. The summed E-state index contributed by atoms with van der Waals surface area (Å²) in [4.78, 5) is 12.0. The first-order chi connectivity index (χ1) is 11.6. The van der Waals surface area contributed by atoms with Crippen LogP contribution in [0.4, 0.5) is 0 Å². The lowest BCUT2D eigenvalue weighted by Gasteiger charge is -2.05. The maximum absolute atomic E-state index is 12.0. The van der Waals surface area contributed by atoms with Gasteiger partial charge in [0.05, 0.1) is 22.9 Å². The molecule has 0 radical (unpaired) electrons. The first-order valence-electron chi connectivity index (χ1n) is 7.61. The molecule has 1 amide bonds. The second-order valence-corrected chi connectivity index (χ2v) is 5.91. The topological polar surface area (TPSA) is 50.7 Å². The van der Waals surface area contributed by atoms with Crippen molar-refractivity contribution in [3.05, 3.63) is 63.6 Å². The Balaban J connectivity index is 1.88. The van der Waals surface area contributed by atoms with E-state index in [0.717, 1.165) is 24.2 Å². The SMILES string of the molecule is CCCCOc1ccc(/C=N\NC(=O)c2ccc(Cl)c(Cl)c2)cc1. The van der Waals surface area contributed by atoms with Gasteiger partial charge >= 0.3 is 0 Å². The molecule has 0 saturated carbocycles. The Morgan fingerprint density at radius 2 is 1.92 bits per heavy atom. The van der Waals surface area contributed by atoms with Crippen molar-refractivity contribution in [3.63, 3.8) is 0 Å². The van der Waals surface area contributed by atoms with Gasteiger partial charge in [-0.05, 0) is 54.4 Å². The molecule has 0 bridgehead atoms. The van der Waals surface area contributed by atoms with E-state index in [-0.39, 0.29) is 5.91 Å². The van der Waals surface area contributed by atoms with Crippen LogP contribution in [0.5, 0.6) is 5.75 Å². The van der Waals surface area contributed by atoms with Crippen molar-refractivity contribution in [1.29, 1.82) is 0 Å². The smallest absolute Gasteiger partial charge is 0.271 e. The number of carbonyl (C=O) groups excluding carboxylic acids is 1. The number of nitrogens with one attached hydrogen (secondary N) is 1. The van der Waals surface area contributed by atoms with Gasteiger partial charge in [-0.3, -0.25) is 4.79 Å². The Labute approximate surface area is 151 Å². The molecule has 126 valence electrons. The summed E-state index contributed by atoms with van der Waals surface area (Å²) in [5, 5.41) is 4.66. The fourth-order valence-corrected chi connectivity index (χ4v) is 2.15. The van der Waals surface area contributed by atoms with Gasteiger partial charge in [-0.25, -0.2) is 5.43 Å². The van der Waals surface area contributed by atoms with E-state index in [9.17, 15) is 4.79 Å². The van der Waals surface area contributed by atoms with E-state index >= 15 is 0 Å². The van der Waals surface area contributed by atoms with Crippen LogP contribution in [0.3, 0.4) is 0 Å². The van der Waals surface area contributed by atoms with Gasteiger partial charge in [0.15, 0.2) is 0 Å². The quantitative estimate of drug-likeness (QED) is 0.429. The molecule has 0 saturated heterocycles. The number of carbonyl (C=O) groups is 1. The van der Waals surface area contributed by atoms with E-state index < -0.39 is 0 Å². The van der Waals surface area contributed by atoms with Crippen LogP contribution >= 0.6 is 23.2 Å². The Morgan fingerprint density at radius 3 is 2.58 bits per heavy atom. The van der Waals surface area contributed by atoms with Crippen molar-refractivity contribution < 1.29 is 9.53 Å². The lowest BCUT2D eigenvalue weighted by molar-refractivity contribution is 0.0955. The first kappa shape index (κ1) is 18.3. The third-order valence-electron chi connectivity index (χ3n) is 3.21. The number of rotatable bonds is 7. The van der Waals surface area contributed by atoms with Gasteiger partial charge in [-0.15, -0.1) is 0 Å². The number of ether oxygens (including phenoxy) is 1. The van der Waals surface area contributed by atoms with E-state index in [0.29, 0.717) is 22.2 Å². The zero-order valence-corrected chi connectivity index (χ0v) is 14.8. The highest BCUT2D eigenvalue weighted by Gasteiger charge is 2.06. The molecule has 0 aliphatic rings. The van der Waals surface area contributed by atoms with E-state index in [4.69, 9.17) is 27.9 Å². The highest BCUT2D eigenvalue weighted by atomic mass is 35.5. The Bertz CT molecular complexity index is 715. The molecule has 4 nitrogen and oxygen atoms in total. The lowest BCUT2D eigenvalue weighted by atomic mass is 10.2. The van der Waals surface area contributed by atoms with Crippen molar-refractivity contribution in [2.75, 3.05) is 6.61 Å². The van der Waals surface area contributed by atoms with Crippen LogP contribution in [0, 0.1) is 0 Å². The van der Waals surface area contributed by atoms with Crippen molar-refractivity contribution in [2.45, 2.75) is 19.8 Å². The summed E-state index contributed by atoms with van der Waals surface area (Å²) >= 11 is 11.7. The number of amides is 1. The van der Waals surface area contributed by atoms with Crippen molar-refractivity contribution in [1.82, 2.24) is 5.43 Å². The second-order valence-electron chi connectivity index (χ2n) is 5.10. The van der Waals surface area contributed by atoms with E-state index in [1.165, 1.54) is 6.07 Å². The van der Waals surface area contributed by atoms with Crippen molar-refractivity contribution >= 4 is 35.3 Å². The number of hydrazone groups is 1. The Hall–Kier alpha value is -2.04. The van der Waals surface area contributed by atoms with Gasteiger partial charge in [0, 0.05) is 5.56 Å². The van der Waals surface area contributed by atoms with Gasteiger partial charge in [0.25, 0.3) is 5.91 Å². The number of nitrogens with zero attached hydrogens (tertiary/aromatic N) is 1. The standard InChI is InChI=1S/C18H18Cl2N2O2/c1-2-3-10-24-15-7-4-13(5-8-15)12-21-22-18(23)14-6-9-16(19)17(20)11-14/h4-9,11-12H,2-3,10H2,1H3,(H,22,23)/b21-12-. The maximum atomic E-state index is 12.0. The summed E-state index contributed by atoms with van der Waals surface area (Å²) in [6, 6.07) is 12.1. The summed E-state index contributed by atoms with van der Waals surface area (Å²) in [6.45, 7) is 2.83. The average Bonchev–Trinajstić information content (AvgIpc) is 2.59. The van der Waals surface area contributed by atoms with Crippen LogP contribution < -0.4 is 10.2 Å². The molecule has 0 aliphatic heterocycles. The van der Waals surface area contributed by atoms with E-state index in [2.05, 4.69) is 17.5 Å². The molecule has 6 heteroatoms. The van der Waals surface area contributed by atoms with E-state index in [1.54, 1.807) is 18.3 Å². The minimum atomic E-state index is -0.357. The van der Waals surface area contributed by atoms with Crippen molar-refractivity contribution in [2.24, 2.45) is 5.10 Å². The van der Waals surface area contributed by atoms with Crippen LogP contribution in [0.15, 0.2) is 47.6 Å². The average molecular weight is 365 g/mol. The Kier molecular flexibility index (Phi) is 7.09. The van der Waals surface area contributed by atoms with Crippen molar-refractivity contribution in [3.8, 4) is 5.75 Å². The lowest BCUT2D eigenvalue weighted by Crippen LogP contribution is -2.17. The molecule has 0 unspecified atom stereocenters. The normalized spacial score (nSPS) is 10.8. The molecule has 2 aromatic rings.